The van der Waals surface area contributed by atoms with Crippen molar-refractivity contribution < 1.29 is 89.4 Å². The van der Waals surface area contributed by atoms with Crippen LogP contribution in [0, 0.1) is 0 Å². The van der Waals surface area contributed by atoms with Crippen LogP contribution in [0.1, 0.15) is 380 Å². The minimum absolute atomic E-state index is 0.234. The molecule has 0 saturated carbocycles. The Morgan fingerprint density at radius 2 is 0.609 bits per heavy atom. The zero-order chi connectivity index (χ0) is 79.5. The van der Waals surface area contributed by atoms with Gasteiger partial charge in [0, 0.05) is 6.42 Å². The molecule has 12 N–H and O–H groups in total. The lowest BCUT2D eigenvalue weighted by molar-refractivity contribution is -0.379. The van der Waals surface area contributed by atoms with E-state index in [0.29, 0.717) is 12.8 Å². The quantitative estimate of drug-likeness (QED) is 0.0199. The van der Waals surface area contributed by atoms with Crippen LogP contribution in [0.2, 0.25) is 0 Å². The van der Waals surface area contributed by atoms with E-state index in [2.05, 4.69) is 67.8 Å². The largest absolute Gasteiger partial charge is 0.394 e. The SMILES string of the molecule is CCCCCCC/C=C\C/C=C\CCCCCCCCCCCCCCCCCCCCCCCC(=O)NC(COC1OC(CO)C(OC2OC(CO)C(OC3OC(CO)C(O)C(O)C3O)C(O)C2O)C(O)C1O)C(O)/C=C/CC/C=C/CC/C=C/CCCCCCCCCCCCCCCCCCCCCCCC. The summed E-state index contributed by atoms with van der Waals surface area (Å²) in [5, 5.41) is 121. The number of aliphatic hydroxyl groups is 11. The van der Waals surface area contributed by atoms with Gasteiger partial charge in [-0.15, -0.1) is 0 Å². The normalized spacial score (nSPS) is 25.4. The lowest BCUT2D eigenvalue weighted by Gasteiger charge is -2.48. The van der Waals surface area contributed by atoms with E-state index in [9.17, 15) is 61.0 Å². The first-order chi connectivity index (χ1) is 53.8. The Morgan fingerprint density at radius 3 is 0.964 bits per heavy atom. The van der Waals surface area contributed by atoms with Gasteiger partial charge in [-0.1, -0.05) is 357 Å². The number of allylic oxidation sites excluding steroid dienone is 9. The number of carbonyl (C=O) groups is 1. The van der Waals surface area contributed by atoms with Gasteiger partial charge < -0.3 is 89.9 Å². The van der Waals surface area contributed by atoms with Crippen molar-refractivity contribution in [2.75, 3.05) is 26.4 Å². The maximum Gasteiger partial charge on any atom is 0.220 e. The van der Waals surface area contributed by atoms with Gasteiger partial charge in [-0.25, -0.2) is 0 Å². The second kappa shape index (κ2) is 70.7. The molecule has 17 atom stereocenters. The van der Waals surface area contributed by atoms with Crippen LogP contribution >= 0.6 is 0 Å². The van der Waals surface area contributed by atoms with E-state index in [1.165, 1.54) is 295 Å². The number of ether oxygens (including phenoxy) is 6. The van der Waals surface area contributed by atoms with Crippen molar-refractivity contribution in [1.82, 2.24) is 5.32 Å². The zero-order valence-corrected chi connectivity index (χ0v) is 69.5. The number of unbranched alkanes of at least 4 members (excludes halogenated alkanes) is 50. The second-order valence-electron chi connectivity index (χ2n) is 32.4. The first-order valence-corrected chi connectivity index (χ1v) is 45.5. The average molecular weight is 1560 g/mol. The highest BCUT2D eigenvalue weighted by Gasteiger charge is 2.54. The highest BCUT2D eigenvalue weighted by Crippen LogP contribution is 2.34. The molecule has 3 aliphatic heterocycles. The minimum Gasteiger partial charge on any atom is -0.394 e. The van der Waals surface area contributed by atoms with Crippen molar-refractivity contribution in [3.63, 3.8) is 0 Å². The molecule has 0 aromatic heterocycles. The molecule has 3 aliphatic rings. The lowest BCUT2D eigenvalue weighted by Crippen LogP contribution is -2.66. The number of aliphatic hydroxyl groups excluding tert-OH is 11. The first kappa shape index (κ1) is 102. The standard InChI is InChI=1S/C91H167NO18/c1-3-5-7-9-11-13-15-17-19-21-23-25-27-29-31-33-35-37-39-41-43-45-47-49-51-53-55-57-59-61-63-65-67-69-79(97)92-74(75(96)68-66-64-62-60-58-56-54-52-50-48-46-44-42-40-38-36-34-32-30-28-26-24-22-20-18-16-14-12-10-8-6-4-2)73-105-89-85(103)82(100)87(77(71-94)107-89)110-91-86(104)83(101)88(78(72-95)108-91)109-90-84(102)81(99)80(98)76(70-93)106-90/h15,17,21,23,50,52,58,60,66,68,74-78,80-91,93-96,98-104H,3-14,16,18-20,22,24-49,51,53-57,59,61-65,67,69-73H2,1-2H3,(H,92,97)/b17-15-,23-21-,52-50+,60-58+,68-66+. The van der Waals surface area contributed by atoms with Crippen LogP contribution in [-0.2, 0) is 33.2 Å². The molecular formula is C91H167NO18. The zero-order valence-electron chi connectivity index (χ0n) is 69.5. The summed E-state index contributed by atoms with van der Waals surface area (Å²) in [6, 6.07) is -1.000. The molecule has 3 fully saturated rings. The Balaban J connectivity index is 1.34. The van der Waals surface area contributed by atoms with Crippen molar-refractivity contribution in [2.24, 2.45) is 0 Å². The van der Waals surface area contributed by atoms with Crippen LogP contribution in [-0.4, -0.2) is 193 Å². The lowest BCUT2D eigenvalue weighted by atomic mass is 9.96. The third kappa shape index (κ3) is 48.9. The molecule has 0 radical (unpaired) electrons. The van der Waals surface area contributed by atoms with Crippen molar-refractivity contribution in [3.05, 3.63) is 60.8 Å². The van der Waals surface area contributed by atoms with Gasteiger partial charge in [0.2, 0.25) is 5.91 Å². The maximum atomic E-state index is 13.5. The van der Waals surface area contributed by atoms with E-state index in [1.807, 2.05) is 6.08 Å². The molecule has 1 amide bonds. The summed E-state index contributed by atoms with van der Waals surface area (Å²) in [5.74, 6) is -0.283. The van der Waals surface area contributed by atoms with Gasteiger partial charge >= 0.3 is 0 Å². The molecule has 0 aromatic rings. The number of rotatable bonds is 74. The number of carbonyl (C=O) groups excluding carboxylic acids is 1. The third-order valence-electron chi connectivity index (χ3n) is 22.5. The summed E-state index contributed by atoms with van der Waals surface area (Å²) in [6.45, 7) is 1.76. The van der Waals surface area contributed by atoms with Crippen LogP contribution < -0.4 is 5.32 Å². The number of nitrogens with one attached hydrogen (secondary N) is 1. The maximum absolute atomic E-state index is 13.5. The van der Waals surface area contributed by atoms with E-state index in [-0.39, 0.29) is 18.9 Å². The average Bonchev–Trinajstić information content (AvgIpc) is 0.780. The van der Waals surface area contributed by atoms with Crippen molar-refractivity contribution in [2.45, 2.75) is 484 Å². The Bertz CT molecular complexity index is 2220. The first-order valence-electron chi connectivity index (χ1n) is 45.5. The third-order valence-corrected chi connectivity index (χ3v) is 22.5. The molecule has 3 rings (SSSR count). The topological polar surface area (TPSA) is 307 Å². The number of hydrogen-bond acceptors (Lipinski definition) is 18. The number of amides is 1. The molecule has 3 saturated heterocycles. The van der Waals surface area contributed by atoms with Gasteiger partial charge in [0.05, 0.1) is 38.6 Å². The van der Waals surface area contributed by atoms with Crippen LogP contribution in [0.3, 0.4) is 0 Å². The van der Waals surface area contributed by atoms with E-state index in [1.54, 1.807) is 6.08 Å². The monoisotopic (exact) mass is 1560 g/mol. The van der Waals surface area contributed by atoms with Gasteiger partial charge in [-0.05, 0) is 77.0 Å². The van der Waals surface area contributed by atoms with Crippen LogP contribution in [0.4, 0.5) is 0 Å². The van der Waals surface area contributed by atoms with Gasteiger partial charge in [-0.3, -0.25) is 4.79 Å². The van der Waals surface area contributed by atoms with E-state index >= 15 is 0 Å². The summed E-state index contributed by atoms with van der Waals surface area (Å²) in [5.41, 5.74) is 0. The fourth-order valence-electron chi connectivity index (χ4n) is 15.3. The van der Waals surface area contributed by atoms with E-state index < -0.39 is 124 Å². The van der Waals surface area contributed by atoms with Crippen LogP contribution in [0.15, 0.2) is 60.8 Å². The van der Waals surface area contributed by atoms with Gasteiger partial charge in [0.15, 0.2) is 18.9 Å². The van der Waals surface area contributed by atoms with Crippen LogP contribution in [0.5, 0.6) is 0 Å². The smallest absolute Gasteiger partial charge is 0.220 e. The summed E-state index contributed by atoms with van der Waals surface area (Å²) >= 11 is 0. The summed E-state index contributed by atoms with van der Waals surface area (Å²) in [6.07, 6.45) is 66.7. The molecule has 0 aliphatic carbocycles. The van der Waals surface area contributed by atoms with Crippen molar-refractivity contribution in [3.8, 4) is 0 Å². The molecule has 0 aromatic carbocycles. The van der Waals surface area contributed by atoms with Gasteiger partial charge in [-0.2, -0.15) is 0 Å². The minimum atomic E-state index is -1.98. The van der Waals surface area contributed by atoms with Crippen molar-refractivity contribution >= 4 is 5.91 Å². The van der Waals surface area contributed by atoms with Crippen molar-refractivity contribution in [1.29, 1.82) is 0 Å². The molecular weight excluding hydrogens is 1390 g/mol. The fourth-order valence-corrected chi connectivity index (χ4v) is 15.3. The second-order valence-corrected chi connectivity index (χ2v) is 32.4. The Labute approximate surface area is 668 Å². The van der Waals surface area contributed by atoms with Gasteiger partial charge in [0.1, 0.15) is 73.2 Å². The molecule has 3 heterocycles. The van der Waals surface area contributed by atoms with Gasteiger partial charge in [0.25, 0.3) is 0 Å². The Morgan fingerprint density at radius 1 is 0.327 bits per heavy atom. The molecule has 0 bridgehead atoms. The highest BCUT2D eigenvalue weighted by atomic mass is 16.8. The molecule has 17 unspecified atom stereocenters. The molecule has 19 nitrogen and oxygen atoms in total. The van der Waals surface area contributed by atoms with Crippen LogP contribution in [0.25, 0.3) is 0 Å². The van der Waals surface area contributed by atoms with E-state index in [0.717, 1.165) is 51.4 Å². The summed E-state index contributed by atoms with van der Waals surface area (Å²) in [4.78, 5) is 13.5. The highest BCUT2D eigenvalue weighted by molar-refractivity contribution is 5.76. The predicted molar refractivity (Wildman–Crippen MR) is 443 cm³/mol. The summed E-state index contributed by atoms with van der Waals surface area (Å²) < 4.78 is 34.5. The van der Waals surface area contributed by atoms with E-state index in [4.69, 9.17) is 28.4 Å². The molecule has 644 valence electrons. The Hall–Kier alpha value is -2.51. The predicted octanol–water partition coefficient (Wildman–Crippen LogP) is 17.4. The molecule has 19 heteroatoms. The number of hydrogen-bond donors (Lipinski definition) is 12. The Kier molecular flexibility index (Phi) is 65.3. The fraction of sp³-hybridized carbons (Fsp3) is 0.879. The molecule has 0 spiro atoms. The molecule has 110 heavy (non-hydrogen) atoms. The summed E-state index contributed by atoms with van der Waals surface area (Å²) in [7, 11) is 0.